The van der Waals surface area contributed by atoms with E-state index in [1.165, 1.54) is 6.07 Å². The molecule has 0 saturated carbocycles. The van der Waals surface area contributed by atoms with Crippen molar-refractivity contribution >= 4 is 23.3 Å². The molecule has 2 N–H and O–H groups in total. The molecule has 0 aliphatic carbocycles. The number of hydrogen-bond acceptors (Lipinski definition) is 3. The Bertz CT molecular complexity index is 485. The van der Waals surface area contributed by atoms with Gasteiger partial charge in [-0.1, -0.05) is 0 Å². The van der Waals surface area contributed by atoms with Crippen molar-refractivity contribution in [2.75, 3.05) is 16.8 Å². The van der Waals surface area contributed by atoms with E-state index < -0.39 is 5.97 Å². The zero-order valence-electron chi connectivity index (χ0n) is 9.73. The SMILES string of the molecule is CCN1C(=O)C(C)Nc2cc(C(=O)O)ccc21. The molecule has 1 atom stereocenters. The second-order valence-corrected chi connectivity index (χ2v) is 3.99. The Morgan fingerprint density at radius 2 is 2.24 bits per heavy atom. The van der Waals surface area contributed by atoms with Crippen molar-refractivity contribution in [1.29, 1.82) is 0 Å². The number of carboxylic acids is 1. The van der Waals surface area contributed by atoms with Crippen LogP contribution in [0, 0.1) is 0 Å². The zero-order chi connectivity index (χ0) is 12.6. The van der Waals surface area contributed by atoms with Crippen LogP contribution in [0.1, 0.15) is 24.2 Å². The molecule has 1 aliphatic rings. The molecule has 17 heavy (non-hydrogen) atoms. The molecule has 5 heteroatoms. The number of carbonyl (C=O) groups excluding carboxylic acids is 1. The monoisotopic (exact) mass is 234 g/mol. The van der Waals surface area contributed by atoms with E-state index in [9.17, 15) is 9.59 Å². The minimum Gasteiger partial charge on any atom is -0.478 e. The van der Waals surface area contributed by atoms with Gasteiger partial charge in [0.2, 0.25) is 5.91 Å². The summed E-state index contributed by atoms with van der Waals surface area (Å²) in [5.41, 5.74) is 1.65. The highest BCUT2D eigenvalue weighted by Crippen LogP contribution is 2.32. The van der Waals surface area contributed by atoms with E-state index in [1.54, 1.807) is 24.0 Å². The molecule has 0 spiro atoms. The molecule has 0 saturated heterocycles. The molecule has 5 nitrogen and oxygen atoms in total. The third-order valence-electron chi connectivity index (χ3n) is 2.86. The van der Waals surface area contributed by atoms with Crippen LogP contribution >= 0.6 is 0 Å². The first-order chi connectivity index (χ1) is 8.04. The second kappa shape index (κ2) is 4.08. The maximum atomic E-state index is 11.9. The predicted molar refractivity (Wildman–Crippen MR) is 64.5 cm³/mol. The average Bonchev–Trinajstić information content (AvgIpc) is 2.30. The first-order valence-electron chi connectivity index (χ1n) is 5.50. The third kappa shape index (κ3) is 1.84. The third-order valence-corrected chi connectivity index (χ3v) is 2.86. The standard InChI is InChI=1S/C12H14N2O3/c1-3-14-10-5-4-8(12(16)17)6-9(10)13-7(2)11(14)15/h4-7,13H,3H2,1-2H3,(H,16,17). The number of benzene rings is 1. The van der Waals surface area contributed by atoms with E-state index in [0.717, 1.165) is 5.69 Å². The van der Waals surface area contributed by atoms with Gasteiger partial charge in [-0.2, -0.15) is 0 Å². The summed E-state index contributed by atoms with van der Waals surface area (Å²) in [6.07, 6.45) is 0. The Balaban J connectivity index is 2.49. The lowest BCUT2D eigenvalue weighted by atomic mass is 10.1. The van der Waals surface area contributed by atoms with E-state index >= 15 is 0 Å². The predicted octanol–water partition coefficient (Wildman–Crippen LogP) is 1.55. The van der Waals surface area contributed by atoms with Gasteiger partial charge in [-0.25, -0.2) is 4.79 Å². The number of carbonyl (C=O) groups is 2. The second-order valence-electron chi connectivity index (χ2n) is 3.99. The van der Waals surface area contributed by atoms with Gasteiger partial charge in [-0.05, 0) is 32.0 Å². The van der Waals surface area contributed by atoms with Gasteiger partial charge in [0.05, 0.1) is 16.9 Å². The topological polar surface area (TPSA) is 69.6 Å². The van der Waals surface area contributed by atoms with Crippen LogP contribution in [-0.4, -0.2) is 29.6 Å². The van der Waals surface area contributed by atoms with E-state index in [2.05, 4.69) is 5.32 Å². The molecular weight excluding hydrogens is 220 g/mol. The summed E-state index contributed by atoms with van der Waals surface area (Å²) in [4.78, 5) is 24.4. The first-order valence-corrected chi connectivity index (χ1v) is 5.50. The highest BCUT2D eigenvalue weighted by Gasteiger charge is 2.28. The number of hydrogen-bond donors (Lipinski definition) is 2. The molecule has 1 heterocycles. The number of amides is 1. The first kappa shape index (κ1) is 11.4. The highest BCUT2D eigenvalue weighted by molar-refractivity contribution is 6.05. The molecule has 0 bridgehead atoms. The number of fused-ring (bicyclic) bond motifs is 1. The zero-order valence-corrected chi connectivity index (χ0v) is 9.73. The lowest BCUT2D eigenvalue weighted by Crippen LogP contribution is -2.45. The van der Waals surface area contributed by atoms with Crippen LogP contribution in [0.5, 0.6) is 0 Å². The van der Waals surface area contributed by atoms with Gasteiger partial charge in [0.15, 0.2) is 0 Å². The van der Waals surface area contributed by atoms with Crippen molar-refractivity contribution in [3.63, 3.8) is 0 Å². The van der Waals surface area contributed by atoms with Crippen LogP contribution in [-0.2, 0) is 4.79 Å². The number of likely N-dealkylation sites (N-methyl/N-ethyl adjacent to an activating group) is 1. The Hall–Kier alpha value is -2.04. The number of anilines is 2. The van der Waals surface area contributed by atoms with Gasteiger partial charge in [0.1, 0.15) is 6.04 Å². The molecule has 1 unspecified atom stereocenters. The lowest BCUT2D eigenvalue weighted by Gasteiger charge is -2.33. The Labute approximate surface area is 99.0 Å². The van der Waals surface area contributed by atoms with Crippen LogP contribution in [0.2, 0.25) is 0 Å². The largest absolute Gasteiger partial charge is 0.478 e. The Kier molecular flexibility index (Phi) is 2.75. The van der Waals surface area contributed by atoms with Crippen LogP contribution in [0.3, 0.4) is 0 Å². The van der Waals surface area contributed by atoms with Crippen molar-refractivity contribution in [1.82, 2.24) is 0 Å². The number of rotatable bonds is 2. The van der Waals surface area contributed by atoms with Crippen molar-refractivity contribution in [3.8, 4) is 0 Å². The summed E-state index contributed by atoms with van der Waals surface area (Å²) in [7, 11) is 0. The van der Waals surface area contributed by atoms with Gasteiger partial charge < -0.3 is 15.3 Å². The maximum Gasteiger partial charge on any atom is 0.335 e. The molecule has 2 rings (SSSR count). The molecule has 1 aromatic carbocycles. The summed E-state index contributed by atoms with van der Waals surface area (Å²) < 4.78 is 0. The summed E-state index contributed by atoms with van der Waals surface area (Å²) in [6, 6.07) is 4.41. The van der Waals surface area contributed by atoms with E-state index in [0.29, 0.717) is 12.2 Å². The Morgan fingerprint density at radius 1 is 1.53 bits per heavy atom. The summed E-state index contributed by atoms with van der Waals surface area (Å²) >= 11 is 0. The van der Waals surface area contributed by atoms with Crippen molar-refractivity contribution in [3.05, 3.63) is 23.8 Å². The van der Waals surface area contributed by atoms with E-state index in [1.807, 2.05) is 6.92 Å². The lowest BCUT2D eigenvalue weighted by molar-refractivity contribution is -0.119. The summed E-state index contributed by atoms with van der Waals surface area (Å²) in [5.74, 6) is -0.967. The fraction of sp³-hybridized carbons (Fsp3) is 0.333. The molecule has 1 aliphatic heterocycles. The minimum atomic E-state index is -0.970. The van der Waals surface area contributed by atoms with Gasteiger partial charge in [0, 0.05) is 6.54 Å². The van der Waals surface area contributed by atoms with Crippen LogP contribution in [0.25, 0.3) is 0 Å². The van der Waals surface area contributed by atoms with Gasteiger partial charge in [-0.3, -0.25) is 4.79 Å². The van der Waals surface area contributed by atoms with Gasteiger partial charge in [0.25, 0.3) is 0 Å². The Morgan fingerprint density at radius 3 is 2.82 bits per heavy atom. The van der Waals surface area contributed by atoms with Crippen LogP contribution in [0.15, 0.2) is 18.2 Å². The number of aromatic carboxylic acids is 1. The van der Waals surface area contributed by atoms with Crippen LogP contribution in [0.4, 0.5) is 11.4 Å². The van der Waals surface area contributed by atoms with Crippen molar-refractivity contribution < 1.29 is 14.7 Å². The number of carboxylic acid groups (broad SMARTS) is 1. The molecule has 1 amide bonds. The van der Waals surface area contributed by atoms with Gasteiger partial charge >= 0.3 is 5.97 Å². The van der Waals surface area contributed by atoms with Crippen LogP contribution < -0.4 is 10.2 Å². The normalized spacial score (nSPS) is 18.6. The number of nitrogens with zero attached hydrogens (tertiary/aromatic N) is 1. The molecule has 1 aromatic rings. The van der Waals surface area contributed by atoms with E-state index in [4.69, 9.17) is 5.11 Å². The molecular formula is C12H14N2O3. The average molecular weight is 234 g/mol. The molecule has 0 fully saturated rings. The fourth-order valence-corrected chi connectivity index (χ4v) is 1.99. The van der Waals surface area contributed by atoms with Crippen molar-refractivity contribution in [2.24, 2.45) is 0 Å². The maximum absolute atomic E-state index is 11.9. The molecule has 90 valence electrons. The molecule has 0 aromatic heterocycles. The summed E-state index contributed by atoms with van der Waals surface area (Å²) in [6.45, 7) is 4.23. The summed E-state index contributed by atoms with van der Waals surface area (Å²) in [5, 5.41) is 11.9. The fourth-order valence-electron chi connectivity index (χ4n) is 1.99. The quantitative estimate of drug-likeness (QED) is 0.814. The highest BCUT2D eigenvalue weighted by atomic mass is 16.4. The smallest absolute Gasteiger partial charge is 0.335 e. The number of nitrogens with one attached hydrogen (secondary N) is 1. The molecule has 0 radical (unpaired) electrons. The van der Waals surface area contributed by atoms with E-state index in [-0.39, 0.29) is 17.5 Å². The van der Waals surface area contributed by atoms with Gasteiger partial charge in [-0.15, -0.1) is 0 Å². The minimum absolute atomic E-state index is 0.00285. The van der Waals surface area contributed by atoms with Crippen molar-refractivity contribution in [2.45, 2.75) is 19.9 Å².